The molecule has 0 aliphatic heterocycles. The average molecular weight is 261 g/mol. The number of para-hydroxylation sites is 2. The molecule has 1 aromatic carbocycles. The van der Waals surface area contributed by atoms with Gasteiger partial charge in [0.05, 0.1) is 17.5 Å². The third-order valence-electron chi connectivity index (χ3n) is 2.80. The molecule has 0 saturated carbocycles. The van der Waals surface area contributed by atoms with Crippen molar-refractivity contribution >= 4 is 17.0 Å². The predicted octanol–water partition coefficient (Wildman–Crippen LogP) is 0.830. The second-order valence-corrected chi connectivity index (χ2v) is 4.41. The molecule has 6 heteroatoms. The summed E-state index contributed by atoms with van der Waals surface area (Å²) in [7, 11) is 1.76. The fourth-order valence-corrected chi connectivity index (χ4v) is 1.80. The molecule has 0 aliphatic carbocycles. The minimum Gasteiger partial charge on any atom is -0.481 e. The molecule has 19 heavy (non-hydrogen) atoms. The summed E-state index contributed by atoms with van der Waals surface area (Å²) in [5.41, 5.74) is 1.58. The van der Waals surface area contributed by atoms with Crippen LogP contribution < -0.4 is 5.56 Å². The Morgan fingerprint density at radius 1 is 1.42 bits per heavy atom. The second-order valence-electron chi connectivity index (χ2n) is 4.41. The van der Waals surface area contributed by atoms with Gasteiger partial charge in [0, 0.05) is 13.1 Å². The molecule has 0 bridgehead atoms. The molecular formula is C13H15N3O3. The Morgan fingerprint density at radius 3 is 2.89 bits per heavy atom. The lowest BCUT2D eigenvalue weighted by Gasteiger charge is -2.14. The molecule has 0 radical (unpaired) electrons. The molecule has 0 aliphatic rings. The maximum atomic E-state index is 11.8. The van der Waals surface area contributed by atoms with E-state index in [1.807, 2.05) is 18.2 Å². The summed E-state index contributed by atoms with van der Waals surface area (Å²) < 4.78 is 0. The Balaban J connectivity index is 2.18. The first kappa shape index (κ1) is 13.2. The number of hydrogen-bond donors (Lipinski definition) is 2. The van der Waals surface area contributed by atoms with Gasteiger partial charge >= 0.3 is 5.97 Å². The highest BCUT2D eigenvalue weighted by molar-refractivity contribution is 5.73. The summed E-state index contributed by atoms with van der Waals surface area (Å²) in [6, 6.07) is 7.30. The van der Waals surface area contributed by atoms with E-state index < -0.39 is 5.97 Å². The van der Waals surface area contributed by atoms with Gasteiger partial charge in [-0.2, -0.15) is 0 Å². The van der Waals surface area contributed by atoms with Gasteiger partial charge in [-0.3, -0.25) is 14.5 Å². The molecule has 1 aromatic heterocycles. The zero-order chi connectivity index (χ0) is 13.8. The third-order valence-corrected chi connectivity index (χ3v) is 2.80. The van der Waals surface area contributed by atoms with E-state index in [1.54, 1.807) is 18.0 Å². The number of rotatable bonds is 5. The van der Waals surface area contributed by atoms with Gasteiger partial charge < -0.3 is 10.1 Å². The average Bonchev–Trinajstić information content (AvgIpc) is 2.37. The molecule has 1 heterocycles. The van der Waals surface area contributed by atoms with E-state index in [0.717, 1.165) is 5.52 Å². The Hall–Kier alpha value is -2.21. The highest BCUT2D eigenvalue weighted by atomic mass is 16.4. The molecular weight excluding hydrogens is 246 g/mol. The quantitative estimate of drug-likeness (QED) is 0.832. The van der Waals surface area contributed by atoms with Crippen molar-refractivity contribution in [2.45, 2.75) is 13.0 Å². The van der Waals surface area contributed by atoms with Crippen LogP contribution in [-0.2, 0) is 11.3 Å². The van der Waals surface area contributed by atoms with Crippen molar-refractivity contribution in [3.05, 3.63) is 40.3 Å². The Bertz CT molecular complexity index is 651. The van der Waals surface area contributed by atoms with E-state index in [1.165, 1.54) is 0 Å². The number of aromatic amines is 1. The Labute approximate surface area is 109 Å². The summed E-state index contributed by atoms with van der Waals surface area (Å²) in [5, 5.41) is 8.61. The van der Waals surface area contributed by atoms with Crippen LogP contribution in [-0.4, -0.2) is 39.5 Å². The van der Waals surface area contributed by atoms with Gasteiger partial charge in [0.15, 0.2) is 0 Å². The molecule has 2 rings (SSSR count). The van der Waals surface area contributed by atoms with E-state index in [-0.39, 0.29) is 12.0 Å². The van der Waals surface area contributed by atoms with Crippen LogP contribution in [0.25, 0.3) is 11.0 Å². The smallest absolute Gasteiger partial charge is 0.304 e. The fourth-order valence-electron chi connectivity index (χ4n) is 1.80. The van der Waals surface area contributed by atoms with Crippen molar-refractivity contribution in [3.63, 3.8) is 0 Å². The fraction of sp³-hybridized carbons (Fsp3) is 0.308. The summed E-state index contributed by atoms with van der Waals surface area (Å²) in [5.74, 6) is -0.854. The molecule has 0 atom stereocenters. The first-order valence-electron chi connectivity index (χ1n) is 5.94. The monoisotopic (exact) mass is 261 g/mol. The van der Waals surface area contributed by atoms with Crippen LogP contribution in [0.3, 0.4) is 0 Å². The summed E-state index contributed by atoms with van der Waals surface area (Å²) in [6.07, 6.45) is 0.0436. The summed E-state index contributed by atoms with van der Waals surface area (Å²) in [4.78, 5) is 31.2. The lowest BCUT2D eigenvalue weighted by Crippen LogP contribution is -2.26. The van der Waals surface area contributed by atoms with E-state index in [9.17, 15) is 9.59 Å². The van der Waals surface area contributed by atoms with Gasteiger partial charge in [-0.25, -0.2) is 4.98 Å². The number of fused-ring (bicyclic) bond motifs is 1. The highest BCUT2D eigenvalue weighted by Crippen LogP contribution is 2.06. The largest absolute Gasteiger partial charge is 0.481 e. The van der Waals surface area contributed by atoms with Gasteiger partial charge in [0.25, 0.3) is 5.56 Å². The number of H-pyrrole nitrogens is 1. The molecule has 0 spiro atoms. The van der Waals surface area contributed by atoms with E-state index in [4.69, 9.17) is 5.11 Å². The van der Waals surface area contributed by atoms with Crippen LogP contribution >= 0.6 is 0 Å². The minimum atomic E-state index is -0.854. The normalized spacial score (nSPS) is 11.1. The van der Waals surface area contributed by atoms with E-state index in [2.05, 4.69) is 9.97 Å². The number of aliphatic carboxylic acids is 1. The number of nitrogens with zero attached hydrogens (tertiary/aromatic N) is 2. The SMILES string of the molecule is CN(CCC(=O)O)Cc1nc2ccccc2[nH]c1=O. The number of carboxylic acid groups (broad SMARTS) is 1. The molecule has 100 valence electrons. The van der Waals surface area contributed by atoms with E-state index >= 15 is 0 Å². The lowest BCUT2D eigenvalue weighted by molar-refractivity contribution is -0.137. The number of hydrogen-bond acceptors (Lipinski definition) is 4. The number of carbonyl (C=O) groups is 1. The van der Waals surface area contributed by atoms with Crippen LogP contribution in [0.15, 0.2) is 29.1 Å². The van der Waals surface area contributed by atoms with Crippen molar-refractivity contribution in [1.29, 1.82) is 0 Å². The predicted molar refractivity (Wildman–Crippen MR) is 71.0 cm³/mol. The van der Waals surface area contributed by atoms with Crippen molar-refractivity contribution in [3.8, 4) is 0 Å². The van der Waals surface area contributed by atoms with Gasteiger partial charge in [-0.05, 0) is 19.2 Å². The summed E-state index contributed by atoms with van der Waals surface area (Å²) >= 11 is 0. The maximum absolute atomic E-state index is 11.8. The van der Waals surface area contributed by atoms with Gasteiger partial charge in [0.2, 0.25) is 0 Å². The Kier molecular flexibility index (Phi) is 3.91. The van der Waals surface area contributed by atoms with Crippen LogP contribution in [0.1, 0.15) is 12.1 Å². The van der Waals surface area contributed by atoms with Crippen molar-refractivity contribution in [1.82, 2.24) is 14.9 Å². The topological polar surface area (TPSA) is 86.3 Å². The maximum Gasteiger partial charge on any atom is 0.304 e. The number of carboxylic acids is 1. The standard InChI is InChI=1S/C13H15N3O3/c1-16(7-6-12(17)18)8-11-13(19)15-10-5-3-2-4-9(10)14-11/h2-5H,6-8H2,1H3,(H,15,19)(H,17,18). The first-order valence-corrected chi connectivity index (χ1v) is 5.94. The summed E-state index contributed by atoms with van der Waals surface area (Å²) in [6.45, 7) is 0.705. The van der Waals surface area contributed by atoms with Gasteiger partial charge in [-0.1, -0.05) is 12.1 Å². The zero-order valence-corrected chi connectivity index (χ0v) is 10.6. The minimum absolute atomic E-state index is 0.0436. The first-order chi connectivity index (χ1) is 9.06. The van der Waals surface area contributed by atoms with Crippen LogP contribution in [0.4, 0.5) is 0 Å². The van der Waals surface area contributed by atoms with Crippen molar-refractivity contribution < 1.29 is 9.90 Å². The molecule has 2 aromatic rings. The third kappa shape index (κ3) is 3.38. The van der Waals surface area contributed by atoms with Crippen molar-refractivity contribution in [2.75, 3.05) is 13.6 Å². The van der Waals surface area contributed by atoms with Crippen LogP contribution in [0, 0.1) is 0 Å². The van der Waals surface area contributed by atoms with Gasteiger partial charge in [0.1, 0.15) is 5.69 Å². The van der Waals surface area contributed by atoms with Crippen molar-refractivity contribution in [2.24, 2.45) is 0 Å². The lowest BCUT2D eigenvalue weighted by atomic mass is 10.3. The number of aromatic nitrogens is 2. The number of nitrogens with one attached hydrogen (secondary N) is 1. The van der Waals surface area contributed by atoms with Crippen LogP contribution in [0.5, 0.6) is 0 Å². The molecule has 2 N–H and O–H groups in total. The zero-order valence-electron chi connectivity index (χ0n) is 10.6. The molecule has 6 nitrogen and oxygen atoms in total. The van der Waals surface area contributed by atoms with E-state index in [0.29, 0.717) is 24.3 Å². The second kappa shape index (κ2) is 5.62. The molecule has 0 amide bonds. The highest BCUT2D eigenvalue weighted by Gasteiger charge is 2.09. The molecule has 0 fully saturated rings. The molecule has 0 saturated heterocycles. The molecule has 0 unspecified atom stereocenters. The number of benzene rings is 1. The Morgan fingerprint density at radius 2 is 2.16 bits per heavy atom. The van der Waals surface area contributed by atoms with Crippen LogP contribution in [0.2, 0.25) is 0 Å². The van der Waals surface area contributed by atoms with Gasteiger partial charge in [-0.15, -0.1) is 0 Å².